The van der Waals surface area contributed by atoms with Crippen LogP contribution in [0.5, 0.6) is 0 Å². The quantitative estimate of drug-likeness (QED) is 0.657. The maximum Gasteiger partial charge on any atom is 0.235 e. The molecule has 0 aliphatic heterocycles. The number of aromatic nitrogens is 2. The van der Waals surface area contributed by atoms with Crippen molar-refractivity contribution in [2.45, 2.75) is 18.0 Å². The molecule has 0 aliphatic carbocycles. The minimum atomic E-state index is -3.71. The normalized spacial score (nSPS) is 11.3. The molecule has 0 unspecified atom stereocenters. The Morgan fingerprint density at radius 3 is 2.44 bits per heavy atom. The Bertz CT molecular complexity index is 1020. The van der Waals surface area contributed by atoms with Gasteiger partial charge in [-0.1, -0.05) is 35.9 Å². The largest absolute Gasteiger partial charge is 0.351 e. The van der Waals surface area contributed by atoms with Gasteiger partial charge in [0.2, 0.25) is 5.91 Å². The number of sulfone groups is 1. The molecule has 1 N–H and O–H groups in total. The SMILES string of the molecule is O=C(CS(=O)(=O)c1ccc(Cl)cc1)NCc1ccccc1Cn1ccnc1. The molecule has 8 heteroatoms. The summed E-state index contributed by atoms with van der Waals surface area (Å²) in [6.45, 7) is 0.870. The van der Waals surface area contributed by atoms with Gasteiger partial charge in [-0.25, -0.2) is 13.4 Å². The van der Waals surface area contributed by atoms with Gasteiger partial charge in [0.15, 0.2) is 9.84 Å². The molecular formula is C19H18ClN3O3S. The van der Waals surface area contributed by atoms with Crippen LogP contribution in [0.2, 0.25) is 5.02 Å². The number of carbonyl (C=O) groups is 1. The zero-order valence-electron chi connectivity index (χ0n) is 14.4. The molecule has 6 nitrogen and oxygen atoms in total. The van der Waals surface area contributed by atoms with E-state index in [1.807, 2.05) is 35.0 Å². The molecule has 1 heterocycles. The molecule has 0 radical (unpaired) electrons. The van der Waals surface area contributed by atoms with Crippen LogP contribution in [0.15, 0.2) is 72.1 Å². The summed E-state index contributed by atoms with van der Waals surface area (Å²) in [5, 5.41) is 3.13. The third-order valence-electron chi connectivity index (χ3n) is 4.00. The van der Waals surface area contributed by atoms with Crippen molar-refractivity contribution in [3.05, 3.63) is 83.4 Å². The van der Waals surface area contributed by atoms with Crippen LogP contribution in [0.4, 0.5) is 0 Å². The predicted molar refractivity (Wildman–Crippen MR) is 103 cm³/mol. The van der Waals surface area contributed by atoms with E-state index in [0.29, 0.717) is 11.6 Å². The van der Waals surface area contributed by atoms with Gasteiger partial charge in [0.25, 0.3) is 0 Å². The molecule has 3 aromatic rings. The average molecular weight is 404 g/mol. The summed E-state index contributed by atoms with van der Waals surface area (Å²) in [7, 11) is -3.71. The van der Waals surface area contributed by atoms with E-state index in [2.05, 4.69) is 10.3 Å². The number of imidazole rings is 1. The number of hydrogen-bond acceptors (Lipinski definition) is 4. The number of hydrogen-bond donors (Lipinski definition) is 1. The highest BCUT2D eigenvalue weighted by molar-refractivity contribution is 7.92. The van der Waals surface area contributed by atoms with Crippen LogP contribution in [-0.2, 0) is 27.7 Å². The van der Waals surface area contributed by atoms with Crippen molar-refractivity contribution in [3.8, 4) is 0 Å². The maximum absolute atomic E-state index is 12.3. The van der Waals surface area contributed by atoms with E-state index < -0.39 is 21.5 Å². The second-order valence-electron chi connectivity index (χ2n) is 5.99. The molecule has 0 spiro atoms. The van der Waals surface area contributed by atoms with Gasteiger partial charge in [0, 0.05) is 30.5 Å². The highest BCUT2D eigenvalue weighted by Gasteiger charge is 2.19. The summed E-state index contributed by atoms with van der Waals surface area (Å²) in [5.74, 6) is -1.17. The Hall–Kier alpha value is -2.64. The van der Waals surface area contributed by atoms with E-state index in [9.17, 15) is 13.2 Å². The van der Waals surface area contributed by atoms with Gasteiger partial charge in [-0.3, -0.25) is 4.79 Å². The van der Waals surface area contributed by atoms with Crippen molar-refractivity contribution in [1.29, 1.82) is 0 Å². The first kappa shape index (κ1) is 19.1. The molecule has 2 aromatic carbocycles. The van der Waals surface area contributed by atoms with Crippen molar-refractivity contribution in [3.63, 3.8) is 0 Å². The van der Waals surface area contributed by atoms with Crippen LogP contribution >= 0.6 is 11.6 Å². The molecule has 0 fully saturated rings. The zero-order chi connectivity index (χ0) is 19.3. The second-order valence-corrected chi connectivity index (χ2v) is 8.42. The number of nitrogens with zero attached hydrogens (tertiary/aromatic N) is 2. The number of carbonyl (C=O) groups excluding carboxylic acids is 1. The molecule has 140 valence electrons. The Labute approximate surface area is 162 Å². The van der Waals surface area contributed by atoms with Gasteiger partial charge < -0.3 is 9.88 Å². The summed E-state index contributed by atoms with van der Waals surface area (Å²) in [4.78, 5) is 16.3. The first-order valence-electron chi connectivity index (χ1n) is 8.21. The summed E-state index contributed by atoms with van der Waals surface area (Å²) in [5.41, 5.74) is 1.94. The fourth-order valence-electron chi connectivity index (χ4n) is 2.60. The van der Waals surface area contributed by atoms with Crippen LogP contribution in [0.3, 0.4) is 0 Å². The number of rotatable bonds is 7. The van der Waals surface area contributed by atoms with E-state index in [1.165, 1.54) is 24.3 Å². The zero-order valence-corrected chi connectivity index (χ0v) is 15.9. The minimum Gasteiger partial charge on any atom is -0.351 e. The van der Waals surface area contributed by atoms with Crippen molar-refractivity contribution in [2.75, 3.05) is 5.75 Å². The first-order chi connectivity index (χ1) is 12.9. The Balaban J connectivity index is 1.63. The third-order valence-corrected chi connectivity index (χ3v) is 5.88. The van der Waals surface area contributed by atoms with Gasteiger partial charge >= 0.3 is 0 Å². The number of amides is 1. The van der Waals surface area contributed by atoms with Crippen molar-refractivity contribution in [2.24, 2.45) is 0 Å². The van der Waals surface area contributed by atoms with Crippen LogP contribution in [0, 0.1) is 0 Å². The summed E-state index contributed by atoms with van der Waals surface area (Å²) in [6, 6.07) is 13.4. The lowest BCUT2D eigenvalue weighted by Crippen LogP contribution is -2.30. The minimum absolute atomic E-state index is 0.0718. The Morgan fingerprint density at radius 1 is 1.07 bits per heavy atom. The second kappa shape index (κ2) is 8.37. The molecule has 0 atom stereocenters. The third kappa shape index (κ3) is 5.18. The topological polar surface area (TPSA) is 81.1 Å². The van der Waals surface area contributed by atoms with Gasteiger partial charge in [0.1, 0.15) is 5.75 Å². The number of benzene rings is 2. The number of halogens is 1. The Morgan fingerprint density at radius 2 is 1.78 bits per heavy atom. The fraction of sp³-hybridized carbons (Fsp3) is 0.158. The molecule has 0 aliphatic rings. The molecule has 1 amide bonds. The highest BCUT2D eigenvalue weighted by atomic mass is 35.5. The molecule has 3 rings (SSSR count). The van der Waals surface area contributed by atoms with E-state index in [1.54, 1.807) is 12.5 Å². The summed E-state index contributed by atoms with van der Waals surface area (Å²) < 4.78 is 26.6. The van der Waals surface area contributed by atoms with Gasteiger partial charge in [-0.15, -0.1) is 0 Å². The molecular weight excluding hydrogens is 386 g/mol. The van der Waals surface area contributed by atoms with Gasteiger partial charge in [-0.2, -0.15) is 0 Å². The molecule has 0 saturated heterocycles. The lowest BCUT2D eigenvalue weighted by atomic mass is 10.1. The van der Waals surface area contributed by atoms with Crippen molar-refractivity contribution < 1.29 is 13.2 Å². The van der Waals surface area contributed by atoms with Crippen LogP contribution in [0.25, 0.3) is 0 Å². The van der Waals surface area contributed by atoms with Crippen molar-refractivity contribution >= 4 is 27.3 Å². The monoisotopic (exact) mass is 403 g/mol. The fourth-order valence-corrected chi connectivity index (χ4v) is 3.89. The summed E-state index contributed by atoms with van der Waals surface area (Å²) >= 11 is 5.77. The maximum atomic E-state index is 12.3. The van der Waals surface area contributed by atoms with Gasteiger partial charge in [-0.05, 0) is 35.4 Å². The lowest BCUT2D eigenvalue weighted by Gasteiger charge is -2.11. The summed E-state index contributed by atoms with van der Waals surface area (Å²) in [6.07, 6.45) is 5.27. The smallest absolute Gasteiger partial charge is 0.235 e. The lowest BCUT2D eigenvalue weighted by molar-refractivity contribution is -0.118. The van der Waals surface area contributed by atoms with E-state index >= 15 is 0 Å². The Kier molecular flexibility index (Phi) is 5.93. The van der Waals surface area contributed by atoms with Crippen LogP contribution in [-0.4, -0.2) is 29.6 Å². The highest BCUT2D eigenvalue weighted by Crippen LogP contribution is 2.15. The molecule has 1 aromatic heterocycles. The molecule has 0 bridgehead atoms. The van der Waals surface area contributed by atoms with Crippen LogP contribution < -0.4 is 5.32 Å². The molecule has 0 saturated carbocycles. The predicted octanol–water partition coefficient (Wildman–Crippen LogP) is 2.67. The van der Waals surface area contributed by atoms with E-state index in [-0.39, 0.29) is 11.4 Å². The number of nitrogens with one attached hydrogen (secondary N) is 1. The standard InChI is InChI=1S/C19H18ClN3O3S/c20-17-5-7-18(8-6-17)27(25,26)13-19(24)22-11-15-3-1-2-4-16(15)12-23-10-9-21-14-23/h1-10,14H,11-13H2,(H,22,24). The van der Waals surface area contributed by atoms with E-state index in [0.717, 1.165) is 11.1 Å². The van der Waals surface area contributed by atoms with E-state index in [4.69, 9.17) is 11.6 Å². The van der Waals surface area contributed by atoms with Gasteiger partial charge in [0.05, 0.1) is 11.2 Å². The molecule has 27 heavy (non-hydrogen) atoms. The average Bonchev–Trinajstić information content (AvgIpc) is 3.14. The van der Waals surface area contributed by atoms with Crippen molar-refractivity contribution in [1.82, 2.24) is 14.9 Å². The van der Waals surface area contributed by atoms with Crippen LogP contribution in [0.1, 0.15) is 11.1 Å². The first-order valence-corrected chi connectivity index (χ1v) is 10.2.